The summed E-state index contributed by atoms with van der Waals surface area (Å²) in [7, 11) is 0. The Balaban J connectivity index is 2.32. The van der Waals surface area contributed by atoms with E-state index in [1.165, 1.54) is 11.8 Å². The number of carbonyl (C=O) groups is 1. The van der Waals surface area contributed by atoms with Gasteiger partial charge in [0.1, 0.15) is 5.03 Å². The van der Waals surface area contributed by atoms with Crippen LogP contribution < -0.4 is 0 Å². The smallest absolute Gasteiger partial charge is 0.338 e. The molecular weight excluding hydrogens is 252 g/mol. The summed E-state index contributed by atoms with van der Waals surface area (Å²) in [5.74, 6) is -0.945. The van der Waals surface area contributed by atoms with Crippen LogP contribution >= 0.6 is 11.8 Å². The summed E-state index contributed by atoms with van der Waals surface area (Å²) in [6.07, 6.45) is 1.04. The number of rotatable bonds is 3. The second kappa shape index (κ2) is 5.24. The van der Waals surface area contributed by atoms with Crippen molar-refractivity contribution >= 4 is 17.7 Å². The molecular formula is C12H16N2O3S. The first-order chi connectivity index (χ1) is 8.50. The molecule has 1 aromatic rings. The van der Waals surface area contributed by atoms with Gasteiger partial charge >= 0.3 is 5.97 Å². The molecule has 0 aliphatic carbocycles. The molecule has 5 nitrogen and oxygen atoms in total. The standard InChI is InChI=1S/C12H16N2O3S/c1-6-7(2)13-14-11(10(6)12(15)16)18-9-4-5-17-8(9)3/h8-9H,4-5H2,1-3H3,(H,15,16). The number of aryl methyl sites for hydroxylation is 1. The van der Waals surface area contributed by atoms with Gasteiger partial charge < -0.3 is 9.84 Å². The van der Waals surface area contributed by atoms with Crippen LogP contribution in [0.5, 0.6) is 0 Å². The largest absolute Gasteiger partial charge is 0.478 e. The molecule has 2 unspecified atom stereocenters. The fraction of sp³-hybridized carbons (Fsp3) is 0.583. The van der Waals surface area contributed by atoms with Crippen LogP contribution in [0, 0.1) is 13.8 Å². The molecule has 98 valence electrons. The summed E-state index contributed by atoms with van der Waals surface area (Å²) in [6, 6.07) is 0. The van der Waals surface area contributed by atoms with Crippen LogP contribution in [0.4, 0.5) is 0 Å². The third-order valence-corrected chi connectivity index (χ3v) is 4.64. The van der Waals surface area contributed by atoms with Gasteiger partial charge in [-0.05, 0) is 32.8 Å². The lowest BCUT2D eigenvalue weighted by Gasteiger charge is -2.15. The number of carboxylic acids is 1. The van der Waals surface area contributed by atoms with E-state index in [-0.39, 0.29) is 16.9 Å². The van der Waals surface area contributed by atoms with E-state index in [2.05, 4.69) is 10.2 Å². The topological polar surface area (TPSA) is 72.3 Å². The third kappa shape index (κ3) is 2.49. The molecule has 1 aliphatic heterocycles. The molecule has 2 atom stereocenters. The van der Waals surface area contributed by atoms with E-state index >= 15 is 0 Å². The molecule has 1 N–H and O–H groups in total. The van der Waals surface area contributed by atoms with Crippen LogP contribution in [0.3, 0.4) is 0 Å². The molecule has 18 heavy (non-hydrogen) atoms. The maximum atomic E-state index is 11.3. The summed E-state index contributed by atoms with van der Waals surface area (Å²) >= 11 is 1.46. The van der Waals surface area contributed by atoms with Crippen LogP contribution in [0.1, 0.15) is 35.0 Å². The monoisotopic (exact) mass is 268 g/mol. The van der Waals surface area contributed by atoms with E-state index < -0.39 is 5.97 Å². The van der Waals surface area contributed by atoms with Crippen molar-refractivity contribution < 1.29 is 14.6 Å². The van der Waals surface area contributed by atoms with E-state index in [1.54, 1.807) is 13.8 Å². The number of ether oxygens (including phenoxy) is 1. The third-order valence-electron chi connectivity index (χ3n) is 3.21. The molecule has 1 saturated heterocycles. The van der Waals surface area contributed by atoms with Crippen molar-refractivity contribution in [3.8, 4) is 0 Å². The van der Waals surface area contributed by atoms with Crippen molar-refractivity contribution in [2.75, 3.05) is 6.61 Å². The minimum atomic E-state index is -0.945. The lowest BCUT2D eigenvalue weighted by atomic mass is 10.1. The minimum Gasteiger partial charge on any atom is -0.478 e. The Bertz CT molecular complexity index is 479. The Morgan fingerprint density at radius 1 is 1.44 bits per heavy atom. The van der Waals surface area contributed by atoms with Crippen LogP contribution in [0.25, 0.3) is 0 Å². The van der Waals surface area contributed by atoms with Crippen molar-refractivity contribution in [3.63, 3.8) is 0 Å². The number of thioether (sulfide) groups is 1. The number of hydrogen-bond acceptors (Lipinski definition) is 5. The Morgan fingerprint density at radius 3 is 2.72 bits per heavy atom. The van der Waals surface area contributed by atoms with Crippen molar-refractivity contribution in [1.29, 1.82) is 0 Å². The molecule has 0 aromatic carbocycles. The van der Waals surface area contributed by atoms with Crippen LogP contribution in [-0.4, -0.2) is 39.2 Å². The van der Waals surface area contributed by atoms with Crippen LogP contribution in [-0.2, 0) is 4.74 Å². The lowest BCUT2D eigenvalue weighted by Crippen LogP contribution is -2.16. The summed E-state index contributed by atoms with van der Waals surface area (Å²) in [4.78, 5) is 11.3. The van der Waals surface area contributed by atoms with Crippen LogP contribution in [0.2, 0.25) is 0 Å². The fourth-order valence-electron chi connectivity index (χ4n) is 1.93. The molecule has 1 aliphatic rings. The van der Waals surface area contributed by atoms with E-state index in [0.717, 1.165) is 13.0 Å². The summed E-state index contributed by atoms with van der Waals surface area (Å²) in [5, 5.41) is 18.1. The summed E-state index contributed by atoms with van der Waals surface area (Å²) < 4.78 is 5.48. The van der Waals surface area contributed by atoms with Gasteiger partial charge in [-0.2, -0.15) is 5.10 Å². The molecule has 6 heteroatoms. The first-order valence-electron chi connectivity index (χ1n) is 5.86. The van der Waals surface area contributed by atoms with Crippen molar-refractivity contribution in [2.45, 2.75) is 43.6 Å². The second-order valence-corrected chi connectivity index (χ2v) is 5.64. The normalized spacial score (nSPS) is 23.3. The van der Waals surface area contributed by atoms with E-state index in [0.29, 0.717) is 16.3 Å². The quantitative estimate of drug-likeness (QED) is 0.904. The Labute approximate surface area is 110 Å². The highest BCUT2D eigenvalue weighted by atomic mass is 32.2. The first-order valence-corrected chi connectivity index (χ1v) is 6.74. The van der Waals surface area contributed by atoms with Gasteiger partial charge in [-0.25, -0.2) is 4.79 Å². The highest BCUT2D eigenvalue weighted by molar-refractivity contribution is 8.00. The van der Waals surface area contributed by atoms with Crippen molar-refractivity contribution in [2.24, 2.45) is 0 Å². The van der Waals surface area contributed by atoms with Crippen molar-refractivity contribution in [1.82, 2.24) is 10.2 Å². The SMILES string of the molecule is Cc1nnc(SC2CCOC2C)c(C(=O)O)c1C. The maximum Gasteiger partial charge on any atom is 0.338 e. The predicted octanol–water partition coefficient (Wildman–Crippen LogP) is 2.06. The molecule has 0 radical (unpaired) electrons. The lowest BCUT2D eigenvalue weighted by molar-refractivity contribution is 0.0690. The molecule has 1 fully saturated rings. The van der Waals surface area contributed by atoms with Gasteiger partial charge in [0.25, 0.3) is 0 Å². The van der Waals surface area contributed by atoms with Gasteiger partial charge in [-0.1, -0.05) is 11.8 Å². The predicted molar refractivity (Wildman–Crippen MR) is 68.1 cm³/mol. The first kappa shape index (κ1) is 13.3. The molecule has 0 bridgehead atoms. The van der Waals surface area contributed by atoms with Gasteiger partial charge in [-0.15, -0.1) is 5.10 Å². The highest BCUT2D eigenvalue weighted by Crippen LogP contribution is 2.34. The van der Waals surface area contributed by atoms with Gasteiger partial charge in [0.15, 0.2) is 0 Å². The average Bonchev–Trinajstić information content (AvgIpc) is 2.69. The van der Waals surface area contributed by atoms with E-state index in [1.807, 2.05) is 6.92 Å². The average molecular weight is 268 g/mol. The highest BCUT2D eigenvalue weighted by Gasteiger charge is 2.28. The number of carboxylic acid groups (broad SMARTS) is 1. The summed E-state index contributed by atoms with van der Waals surface area (Å²) in [6.45, 7) is 6.26. The number of aromatic carboxylic acids is 1. The van der Waals surface area contributed by atoms with Gasteiger partial charge in [0.2, 0.25) is 0 Å². The molecule has 2 heterocycles. The molecule has 1 aromatic heterocycles. The van der Waals surface area contributed by atoms with Gasteiger partial charge in [0, 0.05) is 11.9 Å². The zero-order chi connectivity index (χ0) is 13.3. The number of nitrogens with zero attached hydrogens (tertiary/aromatic N) is 2. The second-order valence-electron chi connectivity index (χ2n) is 4.42. The number of hydrogen-bond donors (Lipinski definition) is 1. The molecule has 0 spiro atoms. The van der Waals surface area contributed by atoms with Gasteiger partial charge in [0.05, 0.1) is 17.4 Å². The zero-order valence-corrected chi connectivity index (χ0v) is 11.5. The summed E-state index contributed by atoms with van der Waals surface area (Å²) in [5.41, 5.74) is 1.62. The van der Waals surface area contributed by atoms with E-state index in [4.69, 9.17) is 4.74 Å². The van der Waals surface area contributed by atoms with Crippen LogP contribution in [0.15, 0.2) is 5.03 Å². The van der Waals surface area contributed by atoms with Gasteiger partial charge in [-0.3, -0.25) is 0 Å². The fourth-order valence-corrected chi connectivity index (χ4v) is 3.15. The van der Waals surface area contributed by atoms with Crippen molar-refractivity contribution in [3.05, 3.63) is 16.8 Å². The minimum absolute atomic E-state index is 0.125. The Kier molecular flexibility index (Phi) is 3.87. The molecule has 2 rings (SSSR count). The number of aromatic nitrogens is 2. The molecule has 0 amide bonds. The maximum absolute atomic E-state index is 11.3. The zero-order valence-electron chi connectivity index (χ0n) is 10.6. The molecule has 0 saturated carbocycles. The Morgan fingerprint density at radius 2 is 2.17 bits per heavy atom. The Hall–Kier alpha value is -1.14. The van der Waals surface area contributed by atoms with E-state index in [9.17, 15) is 9.90 Å².